The highest BCUT2D eigenvalue weighted by Gasteiger charge is 1.97. The van der Waals surface area contributed by atoms with Gasteiger partial charge in [-0.2, -0.15) is 0 Å². The highest BCUT2D eigenvalue weighted by Crippen LogP contribution is 2.02. The van der Waals surface area contributed by atoms with Gasteiger partial charge < -0.3 is 0 Å². The molecule has 11 heavy (non-hydrogen) atoms. The maximum absolute atomic E-state index is 3.13. The molecule has 0 heterocycles. The molecule has 0 amide bonds. The molecular weight excluding hydrogens is 153 g/mol. The molecule has 0 radical (unpaired) electrons. The molecule has 0 fully saturated rings. The van der Waals surface area contributed by atoms with Gasteiger partial charge in [0, 0.05) is 6.04 Å². The van der Waals surface area contributed by atoms with E-state index in [4.69, 9.17) is 0 Å². The zero-order valence-corrected chi connectivity index (χ0v) is 7.90. The third-order valence-electron chi connectivity index (χ3n) is 1.67. The predicted molar refractivity (Wildman–Crippen MR) is 52.5 cm³/mol. The Morgan fingerprint density at radius 2 is 2.00 bits per heavy atom. The van der Waals surface area contributed by atoms with Crippen LogP contribution in [0, 0.1) is 0 Å². The molecule has 1 aromatic carbocycles. The van der Waals surface area contributed by atoms with Gasteiger partial charge in [0.15, 0.2) is 0 Å². The fraction of sp³-hybridized carbons (Fsp3) is 0.333. The molecule has 2 atom stereocenters. The van der Waals surface area contributed by atoms with E-state index in [9.17, 15) is 0 Å². The number of hydrogen-bond acceptors (Lipinski definition) is 1. The Morgan fingerprint density at radius 1 is 1.36 bits per heavy atom. The van der Waals surface area contributed by atoms with Crippen LogP contribution in [0.25, 0.3) is 0 Å². The molecule has 0 aliphatic heterocycles. The summed E-state index contributed by atoms with van der Waals surface area (Å²) in [4.78, 5) is 0. The minimum Gasteiger partial charge on any atom is -0.298 e. The molecule has 1 aromatic rings. The Labute approximate surface area is 70.5 Å². The summed E-state index contributed by atoms with van der Waals surface area (Å²) < 4.78 is 0. The van der Waals surface area contributed by atoms with Gasteiger partial charge in [0.05, 0.1) is 0 Å². The minimum absolute atomic E-state index is 0.530. The normalized spacial score (nSPS) is 12.9. The second kappa shape index (κ2) is 4.48. The number of rotatable bonds is 3. The maximum Gasteiger partial charge on any atom is 0.0111 e. The van der Waals surface area contributed by atoms with Crippen molar-refractivity contribution in [3.8, 4) is 0 Å². The van der Waals surface area contributed by atoms with Gasteiger partial charge in [0.1, 0.15) is 0 Å². The quantitative estimate of drug-likeness (QED) is 0.679. The van der Waals surface area contributed by atoms with Crippen LogP contribution in [0.5, 0.6) is 0 Å². The third kappa shape index (κ3) is 3.00. The van der Waals surface area contributed by atoms with E-state index in [2.05, 4.69) is 45.7 Å². The fourth-order valence-electron chi connectivity index (χ4n) is 1.03. The lowest BCUT2D eigenvalue weighted by molar-refractivity contribution is 0.689. The van der Waals surface area contributed by atoms with E-state index in [0.717, 1.165) is 6.42 Å². The molecule has 0 bridgehead atoms. The highest BCUT2D eigenvalue weighted by atomic mass is 31.0. The lowest BCUT2D eigenvalue weighted by Crippen LogP contribution is -2.18. The standard InChI is InChI=1S/C9H14NP/c1-8(10-11)7-9-5-3-2-4-6-9/h2-6,8,10H,7,11H2,1H3. The molecule has 1 rings (SSSR count). The van der Waals surface area contributed by atoms with E-state index in [1.807, 2.05) is 6.07 Å². The van der Waals surface area contributed by atoms with E-state index in [1.54, 1.807) is 0 Å². The van der Waals surface area contributed by atoms with Crippen molar-refractivity contribution in [2.45, 2.75) is 19.4 Å². The van der Waals surface area contributed by atoms with E-state index in [0.29, 0.717) is 6.04 Å². The zero-order valence-electron chi connectivity index (χ0n) is 6.75. The van der Waals surface area contributed by atoms with E-state index >= 15 is 0 Å². The Bertz CT molecular complexity index is 198. The van der Waals surface area contributed by atoms with Crippen molar-refractivity contribution >= 4 is 9.39 Å². The van der Waals surface area contributed by atoms with Gasteiger partial charge in [-0.1, -0.05) is 39.7 Å². The SMILES string of the molecule is CC(Cc1ccccc1)NP. The van der Waals surface area contributed by atoms with Gasteiger partial charge >= 0.3 is 0 Å². The number of benzene rings is 1. The number of hydrogen-bond donors (Lipinski definition) is 1. The van der Waals surface area contributed by atoms with Crippen LogP contribution < -0.4 is 5.09 Å². The van der Waals surface area contributed by atoms with Gasteiger partial charge in [-0.3, -0.25) is 5.09 Å². The maximum atomic E-state index is 3.13. The summed E-state index contributed by atoms with van der Waals surface area (Å²) in [5, 5.41) is 3.13. The smallest absolute Gasteiger partial charge is 0.0111 e. The second-order valence-corrected chi connectivity index (χ2v) is 3.09. The molecule has 2 unspecified atom stereocenters. The van der Waals surface area contributed by atoms with Crippen molar-refractivity contribution in [1.82, 2.24) is 5.09 Å². The lowest BCUT2D eigenvalue weighted by Gasteiger charge is -2.08. The van der Waals surface area contributed by atoms with Crippen LogP contribution in [0.4, 0.5) is 0 Å². The van der Waals surface area contributed by atoms with Crippen molar-refractivity contribution < 1.29 is 0 Å². The van der Waals surface area contributed by atoms with Crippen LogP contribution >= 0.6 is 9.39 Å². The molecule has 0 aromatic heterocycles. The molecule has 0 aliphatic rings. The molecule has 1 nitrogen and oxygen atoms in total. The molecule has 0 saturated carbocycles. The molecule has 1 N–H and O–H groups in total. The molecule has 0 aliphatic carbocycles. The summed E-state index contributed by atoms with van der Waals surface area (Å²) in [6, 6.07) is 11.0. The van der Waals surface area contributed by atoms with Gasteiger partial charge in [0.25, 0.3) is 0 Å². The van der Waals surface area contributed by atoms with Crippen molar-refractivity contribution in [3.05, 3.63) is 35.9 Å². The van der Waals surface area contributed by atoms with Crippen LogP contribution in [0.15, 0.2) is 30.3 Å². The summed E-state index contributed by atoms with van der Waals surface area (Å²) in [6.07, 6.45) is 1.09. The van der Waals surface area contributed by atoms with Gasteiger partial charge in [-0.15, -0.1) is 0 Å². The van der Waals surface area contributed by atoms with Crippen LogP contribution in [-0.2, 0) is 6.42 Å². The Balaban J connectivity index is 2.51. The fourth-order valence-corrected chi connectivity index (χ4v) is 1.14. The van der Waals surface area contributed by atoms with E-state index < -0.39 is 0 Å². The van der Waals surface area contributed by atoms with Crippen molar-refractivity contribution in [2.24, 2.45) is 0 Å². The summed E-state index contributed by atoms with van der Waals surface area (Å²) in [7, 11) is 2.54. The zero-order chi connectivity index (χ0) is 8.10. The molecule has 0 saturated heterocycles. The first kappa shape index (κ1) is 8.70. The second-order valence-electron chi connectivity index (χ2n) is 2.76. The van der Waals surface area contributed by atoms with Crippen molar-refractivity contribution in [3.63, 3.8) is 0 Å². The summed E-state index contributed by atoms with van der Waals surface area (Å²) in [5.74, 6) is 0. The predicted octanol–water partition coefficient (Wildman–Crippen LogP) is 2.00. The highest BCUT2D eigenvalue weighted by molar-refractivity contribution is 7.13. The van der Waals surface area contributed by atoms with Gasteiger partial charge in [0.2, 0.25) is 0 Å². The largest absolute Gasteiger partial charge is 0.298 e. The van der Waals surface area contributed by atoms with Crippen LogP contribution in [-0.4, -0.2) is 6.04 Å². The molecule has 60 valence electrons. The van der Waals surface area contributed by atoms with Gasteiger partial charge in [-0.05, 0) is 18.9 Å². The molecular formula is C9H14NP. The summed E-state index contributed by atoms with van der Waals surface area (Å²) >= 11 is 0. The molecule has 2 heteroatoms. The Hall–Kier alpha value is -0.390. The van der Waals surface area contributed by atoms with Crippen LogP contribution in [0.1, 0.15) is 12.5 Å². The first-order chi connectivity index (χ1) is 5.33. The van der Waals surface area contributed by atoms with Gasteiger partial charge in [-0.25, -0.2) is 0 Å². The Kier molecular flexibility index (Phi) is 3.55. The van der Waals surface area contributed by atoms with E-state index in [-0.39, 0.29) is 0 Å². The average molecular weight is 167 g/mol. The van der Waals surface area contributed by atoms with Crippen LogP contribution in [0.3, 0.4) is 0 Å². The van der Waals surface area contributed by atoms with Crippen molar-refractivity contribution in [1.29, 1.82) is 0 Å². The van der Waals surface area contributed by atoms with Crippen LogP contribution in [0.2, 0.25) is 0 Å². The third-order valence-corrected chi connectivity index (χ3v) is 2.24. The monoisotopic (exact) mass is 167 g/mol. The summed E-state index contributed by atoms with van der Waals surface area (Å²) in [6.45, 7) is 2.17. The number of nitrogens with one attached hydrogen (secondary N) is 1. The lowest BCUT2D eigenvalue weighted by atomic mass is 10.1. The average Bonchev–Trinajstić information content (AvgIpc) is 2.06. The van der Waals surface area contributed by atoms with E-state index in [1.165, 1.54) is 5.56 Å². The topological polar surface area (TPSA) is 12.0 Å². The first-order valence-corrected chi connectivity index (χ1v) is 4.40. The molecule has 0 spiro atoms. The summed E-state index contributed by atoms with van der Waals surface area (Å²) in [5.41, 5.74) is 1.38. The van der Waals surface area contributed by atoms with Crippen molar-refractivity contribution in [2.75, 3.05) is 0 Å². The first-order valence-electron chi connectivity index (χ1n) is 3.83. The minimum atomic E-state index is 0.530. The Morgan fingerprint density at radius 3 is 2.55 bits per heavy atom.